The number of fused-ring (bicyclic) bond motifs is 1. The highest BCUT2D eigenvalue weighted by molar-refractivity contribution is 9.10. The molecule has 6 heteroatoms. The van der Waals surface area contributed by atoms with Crippen LogP contribution in [0.1, 0.15) is 35.9 Å². The molecule has 0 N–H and O–H groups in total. The van der Waals surface area contributed by atoms with Gasteiger partial charge in [-0.25, -0.2) is 4.98 Å². The lowest BCUT2D eigenvalue weighted by molar-refractivity contribution is -0.114. The van der Waals surface area contributed by atoms with Crippen molar-refractivity contribution in [1.82, 2.24) is 9.55 Å². The molecule has 1 aromatic heterocycles. The van der Waals surface area contributed by atoms with Crippen LogP contribution in [0, 0.1) is 0 Å². The van der Waals surface area contributed by atoms with Gasteiger partial charge >= 0.3 is 0 Å². The van der Waals surface area contributed by atoms with E-state index in [1.807, 2.05) is 24.5 Å². The summed E-state index contributed by atoms with van der Waals surface area (Å²) in [7, 11) is 0. The normalized spacial score (nSPS) is 14.2. The van der Waals surface area contributed by atoms with E-state index in [4.69, 9.17) is 0 Å². The van der Waals surface area contributed by atoms with Crippen molar-refractivity contribution in [2.45, 2.75) is 26.4 Å². The Kier molecular flexibility index (Phi) is 3.41. The fraction of sp³-hybridized carbons (Fsp3) is 0.267. The van der Waals surface area contributed by atoms with Crippen LogP contribution >= 0.6 is 15.9 Å². The van der Waals surface area contributed by atoms with Gasteiger partial charge < -0.3 is 4.57 Å². The largest absolute Gasteiger partial charge is 0.330 e. The lowest BCUT2D eigenvalue weighted by atomic mass is 10.1. The van der Waals surface area contributed by atoms with Crippen LogP contribution in [0.15, 0.2) is 35.2 Å². The van der Waals surface area contributed by atoms with Gasteiger partial charge in [-0.1, -0.05) is 6.07 Å². The summed E-state index contributed by atoms with van der Waals surface area (Å²) in [5.41, 5.74) is 1.99. The molecule has 0 unspecified atom stereocenters. The zero-order valence-electron chi connectivity index (χ0n) is 11.7. The van der Waals surface area contributed by atoms with Gasteiger partial charge in [-0.15, -0.1) is 0 Å². The summed E-state index contributed by atoms with van der Waals surface area (Å²) in [6.07, 6.45) is 3.47. The predicted molar refractivity (Wildman–Crippen MR) is 82.3 cm³/mol. The first kappa shape index (κ1) is 14.0. The Morgan fingerprint density at radius 3 is 2.76 bits per heavy atom. The number of benzene rings is 1. The molecule has 2 heterocycles. The molecule has 0 fully saturated rings. The van der Waals surface area contributed by atoms with E-state index in [1.165, 1.54) is 4.90 Å². The molecule has 0 saturated heterocycles. The summed E-state index contributed by atoms with van der Waals surface area (Å²) >= 11 is 3.34. The lowest BCUT2D eigenvalue weighted by Crippen LogP contribution is -2.30. The van der Waals surface area contributed by atoms with E-state index in [9.17, 15) is 9.59 Å². The number of hydrogen-bond donors (Lipinski definition) is 0. The monoisotopic (exact) mass is 347 g/mol. The van der Waals surface area contributed by atoms with Crippen LogP contribution in [0.5, 0.6) is 0 Å². The number of rotatable bonds is 3. The first-order chi connectivity index (χ1) is 10.0. The number of nitrogens with zero attached hydrogens (tertiary/aromatic N) is 3. The summed E-state index contributed by atoms with van der Waals surface area (Å²) < 4.78 is 2.64. The molecule has 1 aromatic carbocycles. The number of ketones is 1. The molecule has 0 atom stereocenters. The number of halogens is 1. The van der Waals surface area contributed by atoms with Gasteiger partial charge in [0.05, 0.1) is 29.8 Å². The average Bonchev–Trinajstić information content (AvgIpc) is 2.99. The molecule has 0 radical (unpaired) electrons. The van der Waals surface area contributed by atoms with Crippen molar-refractivity contribution in [3.05, 3.63) is 46.5 Å². The quantitative estimate of drug-likeness (QED) is 0.802. The Morgan fingerprint density at radius 2 is 2.05 bits per heavy atom. The molecular formula is C15H14BrN3O2. The number of hydrogen-bond acceptors (Lipinski definition) is 3. The molecule has 0 saturated carbocycles. The van der Waals surface area contributed by atoms with Crippen molar-refractivity contribution in [2.24, 2.45) is 0 Å². The van der Waals surface area contributed by atoms with E-state index in [0.717, 1.165) is 5.69 Å². The topological polar surface area (TPSA) is 55.2 Å². The van der Waals surface area contributed by atoms with Crippen molar-refractivity contribution < 1.29 is 9.59 Å². The minimum atomic E-state index is -0.492. The molecule has 1 aliphatic heterocycles. The molecule has 0 aliphatic carbocycles. The van der Waals surface area contributed by atoms with E-state index in [2.05, 4.69) is 20.9 Å². The molecule has 1 aliphatic rings. The second kappa shape index (κ2) is 5.11. The highest BCUT2D eigenvalue weighted by Crippen LogP contribution is 2.35. The highest BCUT2D eigenvalue weighted by Gasteiger charge is 2.37. The third-order valence-corrected chi connectivity index (χ3v) is 4.23. The Hall–Kier alpha value is -1.95. The van der Waals surface area contributed by atoms with Crippen LogP contribution in [0.2, 0.25) is 0 Å². The molecule has 108 valence electrons. The maximum absolute atomic E-state index is 12.2. The molecule has 3 rings (SSSR count). The summed E-state index contributed by atoms with van der Waals surface area (Å²) in [4.78, 5) is 30.0. The second-order valence-electron chi connectivity index (χ2n) is 5.24. The van der Waals surface area contributed by atoms with Gasteiger partial charge in [-0.3, -0.25) is 14.5 Å². The van der Waals surface area contributed by atoms with Gasteiger partial charge in [-0.05, 0) is 41.9 Å². The number of Topliss-reactive ketones (excluding diaryl/α,β-unsaturated/α-hetero) is 1. The van der Waals surface area contributed by atoms with Crippen LogP contribution < -0.4 is 4.90 Å². The fourth-order valence-corrected chi connectivity index (χ4v) is 3.08. The molecular weight excluding hydrogens is 334 g/mol. The van der Waals surface area contributed by atoms with E-state index in [-0.39, 0.29) is 6.04 Å². The van der Waals surface area contributed by atoms with Crippen molar-refractivity contribution >= 4 is 33.3 Å². The van der Waals surface area contributed by atoms with Gasteiger partial charge in [0.25, 0.3) is 11.7 Å². The molecule has 21 heavy (non-hydrogen) atoms. The number of aromatic nitrogens is 2. The minimum Gasteiger partial charge on any atom is -0.330 e. The number of carbonyl (C=O) groups excluding carboxylic acids is 2. The third kappa shape index (κ3) is 2.19. The Balaban J connectivity index is 2.01. The number of amides is 1. The highest BCUT2D eigenvalue weighted by atomic mass is 79.9. The van der Waals surface area contributed by atoms with Gasteiger partial charge in [0, 0.05) is 16.7 Å². The van der Waals surface area contributed by atoms with Crippen LogP contribution in [0.3, 0.4) is 0 Å². The van der Waals surface area contributed by atoms with Crippen molar-refractivity contribution in [2.75, 3.05) is 4.90 Å². The molecule has 5 nitrogen and oxygen atoms in total. The number of carbonyl (C=O) groups is 2. The van der Waals surface area contributed by atoms with Gasteiger partial charge in [0.15, 0.2) is 0 Å². The maximum Gasteiger partial charge on any atom is 0.299 e. The van der Waals surface area contributed by atoms with Gasteiger partial charge in [0.1, 0.15) is 0 Å². The predicted octanol–water partition coefficient (Wildman–Crippen LogP) is 2.96. The summed E-state index contributed by atoms with van der Waals surface area (Å²) in [6, 6.07) is 5.63. The first-order valence-corrected chi connectivity index (χ1v) is 7.45. The molecule has 2 aromatic rings. The van der Waals surface area contributed by atoms with Gasteiger partial charge in [-0.2, -0.15) is 0 Å². The van der Waals surface area contributed by atoms with Crippen molar-refractivity contribution in [3.63, 3.8) is 0 Å². The van der Waals surface area contributed by atoms with Crippen LogP contribution in [0.4, 0.5) is 5.69 Å². The fourth-order valence-electron chi connectivity index (χ4n) is 2.54. The Labute approximate surface area is 130 Å². The Morgan fingerprint density at radius 1 is 1.29 bits per heavy atom. The molecule has 0 spiro atoms. The van der Waals surface area contributed by atoms with Crippen LogP contribution in [-0.4, -0.2) is 21.2 Å². The SMILES string of the molecule is CC(C)n1cncc1CN1C(=O)C(=O)c2c(Br)cccc21. The van der Waals surface area contributed by atoms with E-state index in [1.54, 1.807) is 24.7 Å². The first-order valence-electron chi connectivity index (χ1n) is 6.66. The average molecular weight is 348 g/mol. The van der Waals surface area contributed by atoms with Crippen LogP contribution in [-0.2, 0) is 11.3 Å². The zero-order valence-corrected chi connectivity index (χ0v) is 13.3. The maximum atomic E-state index is 12.2. The summed E-state index contributed by atoms with van der Waals surface area (Å²) in [6.45, 7) is 4.44. The van der Waals surface area contributed by atoms with E-state index >= 15 is 0 Å². The molecule has 1 amide bonds. The smallest absolute Gasteiger partial charge is 0.299 e. The zero-order chi connectivity index (χ0) is 15.1. The third-order valence-electron chi connectivity index (χ3n) is 3.57. The van der Waals surface area contributed by atoms with Crippen molar-refractivity contribution in [1.29, 1.82) is 0 Å². The number of imidazole rings is 1. The summed E-state index contributed by atoms with van der Waals surface area (Å²) in [5, 5.41) is 0. The lowest BCUT2D eigenvalue weighted by Gasteiger charge is -2.19. The number of anilines is 1. The van der Waals surface area contributed by atoms with Crippen LogP contribution in [0.25, 0.3) is 0 Å². The van der Waals surface area contributed by atoms with E-state index < -0.39 is 11.7 Å². The Bertz CT molecular complexity index is 736. The van der Waals surface area contributed by atoms with Gasteiger partial charge in [0.2, 0.25) is 0 Å². The second-order valence-corrected chi connectivity index (χ2v) is 6.09. The standard InChI is InChI=1S/C15H14BrN3O2/c1-9(2)19-8-17-6-10(19)7-18-12-5-3-4-11(16)13(12)14(20)15(18)21/h3-6,8-9H,7H2,1-2H3. The van der Waals surface area contributed by atoms with Crippen molar-refractivity contribution in [3.8, 4) is 0 Å². The minimum absolute atomic E-state index is 0.248. The summed E-state index contributed by atoms with van der Waals surface area (Å²) in [5.74, 6) is -0.957. The van der Waals surface area contributed by atoms with E-state index in [0.29, 0.717) is 22.3 Å². The molecule has 0 bridgehead atoms.